The molecule has 0 fully saturated rings. The minimum Gasteiger partial charge on any atom is -0.340 e. The molecule has 2 aromatic rings. The molecule has 0 aliphatic heterocycles. The van der Waals surface area contributed by atoms with Crippen LogP contribution in [0.25, 0.3) is 0 Å². The van der Waals surface area contributed by atoms with Crippen LogP contribution in [0.3, 0.4) is 0 Å². The van der Waals surface area contributed by atoms with E-state index in [0.717, 1.165) is 4.47 Å². The number of anilines is 2. The Morgan fingerprint density at radius 2 is 2.05 bits per heavy atom. The standard InChI is InChI=1S/C14H12BrClN2O2/c1-8-5-9(7-19)13(18(2)14(8)20)17-12-4-3-10(15)6-11(12)16/h3-7,17H,1-2H3. The van der Waals surface area contributed by atoms with Gasteiger partial charge >= 0.3 is 0 Å². The van der Waals surface area contributed by atoms with E-state index in [2.05, 4.69) is 21.2 Å². The number of aromatic nitrogens is 1. The van der Waals surface area contributed by atoms with Gasteiger partial charge in [-0.15, -0.1) is 0 Å². The Labute approximate surface area is 129 Å². The zero-order valence-corrected chi connectivity index (χ0v) is 13.2. The van der Waals surface area contributed by atoms with Crippen LogP contribution in [-0.4, -0.2) is 10.9 Å². The fourth-order valence-corrected chi connectivity index (χ4v) is 2.61. The van der Waals surface area contributed by atoms with Crippen LogP contribution in [0.5, 0.6) is 0 Å². The molecule has 20 heavy (non-hydrogen) atoms. The number of nitrogens with zero attached hydrogens (tertiary/aromatic N) is 1. The number of benzene rings is 1. The third-order valence-electron chi connectivity index (χ3n) is 2.93. The molecule has 0 amide bonds. The molecule has 2 rings (SSSR count). The largest absolute Gasteiger partial charge is 0.340 e. The molecule has 1 heterocycles. The number of hydrogen-bond donors (Lipinski definition) is 1. The summed E-state index contributed by atoms with van der Waals surface area (Å²) in [4.78, 5) is 23.1. The van der Waals surface area contributed by atoms with Crippen LogP contribution >= 0.6 is 27.5 Å². The first-order chi connectivity index (χ1) is 9.43. The Morgan fingerprint density at radius 3 is 2.65 bits per heavy atom. The number of aldehydes is 1. The van der Waals surface area contributed by atoms with E-state index < -0.39 is 0 Å². The number of aryl methyl sites for hydroxylation is 1. The quantitative estimate of drug-likeness (QED) is 0.855. The van der Waals surface area contributed by atoms with E-state index in [0.29, 0.717) is 33.9 Å². The van der Waals surface area contributed by atoms with Crippen molar-refractivity contribution in [3.63, 3.8) is 0 Å². The Balaban J connectivity index is 2.56. The minimum atomic E-state index is -0.161. The summed E-state index contributed by atoms with van der Waals surface area (Å²) < 4.78 is 2.25. The van der Waals surface area contributed by atoms with Crippen LogP contribution in [0.4, 0.5) is 11.5 Å². The number of hydrogen-bond acceptors (Lipinski definition) is 3. The molecule has 4 nitrogen and oxygen atoms in total. The van der Waals surface area contributed by atoms with Gasteiger partial charge in [0, 0.05) is 17.1 Å². The van der Waals surface area contributed by atoms with Crippen molar-refractivity contribution in [2.75, 3.05) is 5.32 Å². The van der Waals surface area contributed by atoms with Gasteiger partial charge in [0.15, 0.2) is 6.29 Å². The molecular weight excluding hydrogens is 344 g/mol. The van der Waals surface area contributed by atoms with Gasteiger partial charge < -0.3 is 5.32 Å². The summed E-state index contributed by atoms with van der Waals surface area (Å²) >= 11 is 9.45. The van der Waals surface area contributed by atoms with Crippen LogP contribution < -0.4 is 10.9 Å². The number of rotatable bonds is 3. The second-order valence-corrected chi connectivity index (χ2v) is 5.69. The van der Waals surface area contributed by atoms with Crippen molar-refractivity contribution in [2.24, 2.45) is 7.05 Å². The van der Waals surface area contributed by atoms with E-state index in [1.807, 2.05) is 6.07 Å². The topological polar surface area (TPSA) is 51.1 Å². The lowest BCUT2D eigenvalue weighted by atomic mass is 10.2. The normalized spacial score (nSPS) is 10.4. The van der Waals surface area contributed by atoms with Gasteiger partial charge in [-0.3, -0.25) is 14.2 Å². The van der Waals surface area contributed by atoms with Crippen molar-refractivity contribution in [3.8, 4) is 0 Å². The van der Waals surface area contributed by atoms with E-state index in [9.17, 15) is 9.59 Å². The van der Waals surface area contributed by atoms with Crippen molar-refractivity contribution in [3.05, 3.63) is 55.2 Å². The molecule has 1 aromatic heterocycles. The lowest BCUT2D eigenvalue weighted by Gasteiger charge is -2.15. The van der Waals surface area contributed by atoms with Crippen molar-refractivity contribution >= 4 is 45.3 Å². The first-order valence-corrected chi connectivity index (χ1v) is 6.99. The van der Waals surface area contributed by atoms with Gasteiger partial charge in [-0.25, -0.2) is 0 Å². The third kappa shape index (κ3) is 2.78. The summed E-state index contributed by atoms with van der Waals surface area (Å²) in [7, 11) is 1.61. The third-order valence-corrected chi connectivity index (χ3v) is 3.74. The van der Waals surface area contributed by atoms with Crippen LogP contribution in [0.1, 0.15) is 15.9 Å². The molecule has 1 aromatic carbocycles. The Bertz CT molecular complexity index is 741. The van der Waals surface area contributed by atoms with Crippen LogP contribution in [0, 0.1) is 6.92 Å². The molecule has 0 aliphatic rings. The fraction of sp³-hybridized carbons (Fsp3) is 0.143. The highest BCUT2D eigenvalue weighted by Gasteiger charge is 2.11. The van der Waals surface area contributed by atoms with E-state index >= 15 is 0 Å². The van der Waals surface area contributed by atoms with E-state index in [1.54, 1.807) is 32.2 Å². The SMILES string of the molecule is Cc1cc(C=O)c(Nc2ccc(Br)cc2Cl)n(C)c1=O. The first-order valence-electron chi connectivity index (χ1n) is 5.82. The lowest BCUT2D eigenvalue weighted by Crippen LogP contribution is -2.23. The van der Waals surface area contributed by atoms with Crippen molar-refractivity contribution in [2.45, 2.75) is 6.92 Å². The maximum atomic E-state index is 12.0. The fourth-order valence-electron chi connectivity index (χ4n) is 1.89. The molecule has 104 valence electrons. The Morgan fingerprint density at radius 1 is 1.35 bits per heavy atom. The number of halogens is 2. The number of pyridine rings is 1. The maximum absolute atomic E-state index is 12.0. The zero-order chi connectivity index (χ0) is 14.9. The van der Waals surface area contributed by atoms with Gasteiger partial charge in [0.2, 0.25) is 0 Å². The van der Waals surface area contributed by atoms with E-state index in [-0.39, 0.29) is 5.56 Å². The maximum Gasteiger partial charge on any atom is 0.254 e. The van der Waals surface area contributed by atoms with Crippen LogP contribution in [0.2, 0.25) is 5.02 Å². The first kappa shape index (κ1) is 14.8. The number of carbonyl (C=O) groups is 1. The number of carbonyl (C=O) groups excluding carboxylic acids is 1. The van der Waals surface area contributed by atoms with Crippen molar-refractivity contribution in [1.82, 2.24) is 4.57 Å². The Kier molecular flexibility index (Phi) is 4.30. The highest BCUT2D eigenvalue weighted by atomic mass is 79.9. The summed E-state index contributed by atoms with van der Waals surface area (Å²) in [6.45, 7) is 1.67. The molecule has 0 bridgehead atoms. The average Bonchev–Trinajstić information content (AvgIpc) is 2.41. The van der Waals surface area contributed by atoms with Crippen molar-refractivity contribution in [1.29, 1.82) is 0 Å². The molecule has 0 aliphatic carbocycles. The summed E-state index contributed by atoms with van der Waals surface area (Å²) in [5.74, 6) is 0.417. The predicted molar refractivity (Wildman–Crippen MR) is 84.2 cm³/mol. The van der Waals surface area contributed by atoms with Gasteiger partial charge in [0.25, 0.3) is 5.56 Å². The van der Waals surface area contributed by atoms with Gasteiger partial charge in [-0.2, -0.15) is 0 Å². The highest BCUT2D eigenvalue weighted by molar-refractivity contribution is 9.10. The van der Waals surface area contributed by atoms with Crippen molar-refractivity contribution < 1.29 is 4.79 Å². The van der Waals surface area contributed by atoms with E-state index in [4.69, 9.17) is 11.6 Å². The monoisotopic (exact) mass is 354 g/mol. The second-order valence-electron chi connectivity index (χ2n) is 4.36. The smallest absolute Gasteiger partial charge is 0.254 e. The molecule has 0 unspecified atom stereocenters. The molecule has 6 heteroatoms. The second kappa shape index (κ2) is 5.81. The zero-order valence-electron chi connectivity index (χ0n) is 10.9. The molecule has 0 radical (unpaired) electrons. The highest BCUT2D eigenvalue weighted by Crippen LogP contribution is 2.29. The molecule has 0 spiro atoms. The molecule has 1 N–H and O–H groups in total. The van der Waals surface area contributed by atoms with Crippen LogP contribution in [0.15, 0.2) is 33.5 Å². The molecular formula is C14H12BrClN2O2. The lowest BCUT2D eigenvalue weighted by molar-refractivity contribution is 0.112. The molecule has 0 saturated carbocycles. The van der Waals surface area contributed by atoms with E-state index in [1.165, 1.54) is 4.57 Å². The van der Waals surface area contributed by atoms with Gasteiger partial charge in [0.1, 0.15) is 5.82 Å². The molecule has 0 atom stereocenters. The Hall–Kier alpha value is -1.59. The summed E-state index contributed by atoms with van der Waals surface area (Å²) in [6, 6.07) is 6.88. The van der Waals surface area contributed by atoms with Gasteiger partial charge in [0.05, 0.1) is 16.3 Å². The predicted octanol–water partition coefficient (Wildman–Crippen LogP) is 3.67. The number of nitrogens with one attached hydrogen (secondary N) is 1. The minimum absolute atomic E-state index is 0.161. The summed E-state index contributed by atoms with van der Waals surface area (Å²) in [5.41, 5.74) is 1.38. The summed E-state index contributed by atoms with van der Waals surface area (Å²) in [6.07, 6.45) is 0.710. The van der Waals surface area contributed by atoms with Gasteiger partial charge in [-0.05, 0) is 31.2 Å². The van der Waals surface area contributed by atoms with Crippen LogP contribution in [-0.2, 0) is 7.05 Å². The molecule has 0 saturated heterocycles. The average molecular weight is 356 g/mol. The van der Waals surface area contributed by atoms with Gasteiger partial charge in [-0.1, -0.05) is 27.5 Å². The summed E-state index contributed by atoms with van der Waals surface area (Å²) in [5, 5.41) is 3.52.